The van der Waals surface area contributed by atoms with Gasteiger partial charge in [-0.05, 0) is 41.1 Å². The van der Waals surface area contributed by atoms with Gasteiger partial charge in [0, 0.05) is 0 Å². The Bertz CT molecular complexity index is 780. The molecule has 0 aliphatic carbocycles. The molecule has 0 aliphatic rings. The maximum absolute atomic E-state index is 9.53. The lowest BCUT2D eigenvalue weighted by Crippen LogP contribution is -1.93. The van der Waals surface area contributed by atoms with Crippen LogP contribution >= 0.6 is 0 Å². The molecule has 0 atom stereocenters. The van der Waals surface area contributed by atoms with Crippen LogP contribution < -0.4 is 4.74 Å². The molecule has 0 fully saturated rings. The second-order valence-electron chi connectivity index (χ2n) is 4.14. The minimum atomic E-state index is 0.0934. The molecule has 3 aromatic rings. The van der Waals surface area contributed by atoms with Crippen LogP contribution in [0.5, 0.6) is 11.5 Å². The summed E-state index contributed by atoms with van der Waals surface area (Å²) in [6.07, 6.45) is 1.63. The van der Waals surface area contributed by atoms with Crippen LogP contribution in [0, 0.1) is 0 Å². The first-order valence-corrected chi connectivity index (χ1v) is 6.00. The van der Waals surface area contributed by atoms with Crippen molar-refractivity contribution in [2.45, 2.75) is 0 Å². The third-order valence-corrected chi connectivity index (χ3v) is 2.85. The fraction of sp³-hybridized carbons (Fsp3) is 0.0714. The standard InChI is InChI=1S/C14H12N4O2/c1-20-14-8-10(6-7-13(14)19)9-15-18-12-5-3-2-4-11(12)16-17-18/h2-9,19H,1H3/b15-9-. The first-order valence-electron chi connectivity index (χ1n) is 6.00. The van der Waals surface area contributed by atoms with E-state index in [4.69, 9.17) is 4.74 Å². The Morgan fingerprint density at radius 2 is 2.10 bits per heavy atom. The summed E-state index contributed by atoms with van der Waals surface area (Å²) in [5.41, 5.74) is 2.40. The number of methoxy groups -OCH3 is 1. The normalized spacial score (nSPS) is 11.2. The molecule has 0 unspecified atom stereocenters. The number of aromatic nitrogens is 3. The molecule has 0 aliphatic heterocycles. The third-order valence-electron chi connectivity index (χ3n) is 2.85. The third kappa shape index (κ3) is 2.18. The summed E-state index contributed by atoms with van der Waals surface area (Å²) in [5.74, 6) is 0.494. The average molecular weight is 268 g/mol. The Labute approximate surface area is 114 Å². The molecule has 2 aromatic carbocycles. The summed E-state index contributed by atoms with van der Waals surface area (Å²) in [4.78, 5) is 1.45. The Hall–Kier alpha value is -2.89. The highest BCUT2D eigenvalue weighted by molar-refractivity contribution is 5.81. The molecule has 0 spiro atoms. The molecule has 0 saturated heterocycles. The number of nitrogens with zero attached hydrogens (tertiary/aromatic N) is 4. The van der Waals surface area contributed by atoms with Gasteiger partial charge in [-0.2, -0.15) is 5.10 Å². The number of phenols is 1. The second-order valence-corrected chi connectivity index (χ2v) is 4.14. The number of hydrogen-bond acceptors (Lipinski definition) is 5. The number of para-hydroxylation sites is 1. The quantitative estimate of drug-likeness (QED) is 0.738. The van der Waals surface area contributed by atoms with E-state index in [-0.39, 0.29) is 5.75 Å². The van der Waals surface area contributed by atoms with Crippen molar-refractivity contribution in [2.75, 3.05) is 7.11 Å². The average Bonchev–Trinajstić information content (AvgIpc) is 2.90. The summed E-state index contributed by atoms with van der Waals surface area (Å²) in [6.45, 7) is 0. The molecule has 1 aromatic heterocycles. The smallest absolute Gasteiger partial charge is 0.161 e. The second kappa shape index (κ2) is 5.00. The van der Waals surface area contributed by atoms with Crippen LogP contribution in [0.1, 0.15) is 5.56 Å². The fourth-order valence-corrected chi connectivity index (χ4v) is 1.84. The van der Waals surface area contributed by atoms with Crippen molar-refractivity contribution >= 4 is 17.2 Å². The van der Waals surface area contributed by atoms with Crippen LogP contribution in [0.2, 0.25) is 0 Å². The zero-order valence-electron chi connectivity index (χ0n) is 10.8. The molecule has 0 amide bonds. The van der Waals surface area contributed by atoms with E-state index < -0.39 is 0 Å². The molecule has 1 N–H and O–H groups in total. The van der Waals surface area contributed by atoms with E-state index in [0.29, 0.717) is 5.75 Å². The van der Waals surface area contributed by atoms with E-state index >= 15 is 0 Å². The molecular formula is C14H12N4O2. The van der Waals surface area contributed by atoms with Crippen molar-refractivity contribution in [3.8, 4) is 11.5 Å². The summed E-state index contributed by atoms with van der Waals surface area (Å²) in [5, 5.41) is 21.8. The first-order chi connectivity index (χ1) is 9.78. The van der Waals surface area contributed by atoms with E-state index in [2.05, 4.69) is 15.4 Å². The summed E-state index contributed by atoms with van der Waals surface area (Å²) >= 11 is 0. The monoisotopic (exact) mass is 268 g/mol. The van der Waals surface area contributed by atoms with Crippen LogP contribution in [-0.4, -0.2) is 33.5 Å². The molecule has 3 rings (SSSR count). The van der Waals surface area contributed by atoms with Gasteiger partial charge in [-0.3, -0.25) is 0 Å². The summed E-state index contributed by atoms with van der Waals surface area (Å²) in [7, 11) is 1.50. The van der Waals surface area contributed by atoms with Gasteiger partial charge in [-0.1, -0.05) is 12.1 Å². The van der Waals surface area contributed by atoms with E-state index in [9.17, 15) is 5.11 Å². The van der Waals surface area contributed by atoms with Gasteiger partial charge in [0.05, 0.1) is 13.3 Å². The molecule has 1 heterocycles. The lowest BCUT2D eigenvalue weighted by atomic mass is 10.2. The first kappa shape index (κ1) is 12.2. The minimum absolute atomic E-state index is 0.0934. The Morgan fingerprint density at radius 3 is 2.95 bits per heavy atom. The van der Waals surface area contributed by atoms with Crippen molar-refractivity contribution in [3.63, 3.8) is 0 Å². The summed E-state index contributed by atoms with van der Waals surface area (Å²) in [6, 6.07) is 12.6. The van der Waals surface area contributed by atoms with Crippen LogP contribution in [0.15, 0.2) is 47.6 Å². The lowest BCUT2D eigenvalue weighted by Gasteiger charge is -2.03. The van der Waals surface area contributed by atoms with E-state index in [1.54, 1.807) is 24.4 Å². The van der Waals surface area contributed by atoms with Gasteiger partial charge in [0.1, 0.15) is 11.0 Å². The number of phenolic OH excluding ortho intramolecular Hbond substituents is 1. The Kier molecular flexibility index (Phi) is 3.04. The van der Waals surface area contributed by atoms with Gasteiger partial charge in [0.15, 0.2) is 11.5 Å². The molecule has 6 heteroatoms. The number of rotatable bonds is 3. The highest BCUT2D eigenvalue weighted by Crippen LogP contribution is 2.25. The summed E-state index contributed by atoms with van der Waals surface area (Å²) < 4.78 is 5.05. The van der Waals surface area contributed by atoms with Crippen LogP contribution in [-0.2, 0) is 0 Å². The number of ether oxygens (including phenoxy) is 1. The molecule has 100 valence electrons. The van der Waals surface area contributed by atoms with E-state index in [1.165, 1.54) is 11.9 Å². The molecule has 0 radical (unpaired) electrons. The molecule has 0 saturated carbocycles. The van der Waals surface area contributed by atoms with Gasteiger partial charge in [-0.25, -0.2) is 0 Å². The SMILES string of the molecule is COc1cc(/C=N\n2nnc3ccccc32)ccc1O. The van der Waals surface area contributed by atoms with E-state index in [1.807, 2.05) is 24.3 Å². The minimum Gasteiger partial charge on any atom is -0.504 e. The van der Waals surface area contributed by atoms with Gasteiger partial charge >= 0.3 is 0 Å². The van der Waals surface area contributed by atoms with Crippen molar-refractivity contribution in [3.05, 3.63) is 48.0 Å². The number of benzene rings is 2. The Morgan fingerprint density at radius 1 is 1.25 bits per heavy atom. The fourth-order valence-electron chi connectivity index (χ4n) is 1.84. The topological polar surface area (TPSA) is 72.5 Å². The van der Waals surface area contributed by atoms with Crippen molar-refractivity contribution in [2.24, 2.45) is 5.10 Å². The molecular weight excluding hydrogens is 256 g/mol. The highest BCUT2D eigenvalue weighted by atomic mass is 16.5. The van der Waals surface area contributed by atoms with Crippen LogP contribution in [0.3, 0.4) is 0 Å². The van der Waals surface area contributed by atoms with Gasteiger partial charge in [-0.15, -0.1) is 9.89 Å². The van der Waals surface area contributed by atoms with E-state index in [0.717, 1.165) is 16.6 Å². The highest BCUT2D eigenvalue weighted by Gasteiger charge is 2.03. The van der Waals surface area contributed by atoms with Gasteiger partial charge < -0.3 is 9.84 Å². The van der Waals surface area contributed by atoms with Crippen LogP contribution in [0.4, 0.5) is 0 Å². The zero-order valence-corrected chi connectivity index (χ0v) is 10.8. The molecule has 20 heavy (non-hydrogen) atoms. The molecule has 6 nitrogen and oxygen atoms in total. The maximum Gasteiger partial charge on any atom is 0.161 e. The predicted octanol–water partition coefficient (Wildman–Crippen LogP) is 2.03. The Balaban J connectivity index is 1.94. The van der Waals surface area contributed by atoms with Crippen molar-refractivity contribution in [1.29, 1.82) is 0 Å². The zero-order chi connectivity index (χ0) is 13.9. The number of aromatic hydroxyl groups is 1. The number of fused-ring (bicyclic) bond motifs is 1. The van der Waals surface area contributed by atoms with Gasteiger partial charge in [0.2, 0.25) is 0 Å². The predicted molar refractivity (Wildman–Crippen MR) is 75.2 cm³/mol. The lowest BCUT2D eigenvalue weighted by molar-refractivity contribution is 0.373. The number of hydrogen-bond donors (Lipinski definition) is 1. The van der Waals surface area contributed by atoms with Crippen LogP contribution in [0.25, 0.3) is 11.0 Å². The van der Waals surface area contributed by atoms with Gasteiger partial charge in [0.25, 0.3) is 0 Å². The maximum atomic E-state index is 9.53. The largest absolute Gasteiger partial charge is 0.504 e. The van der Waals surface area contributed by atoms with Crippen molar-refractivity contribution < 1.29 is 9.84 Å². The molecule has 0 bridgehead atoms. The van der Waals surface area contributed by atoms with Crippen molar-refractivity contribution in [1.82, 2.24) is 15.1 Å².